The fourth-order valence-electron chi connectivity index (χ4n) is 2.15. The number of piperidine rings is 2. The van der Waals surface area contributed by atoms with E-state index in [4.69, 9.17) is 5.11 Å². The Kier molecular flexibility index (Phi) is 1.24. The van der Waals surface area contributed by atoms with Gasteiger partial charge in [0.1, 0.15) is 0 Å². The molecule has 2 N–H and O–H groups in total. The van der Waals surface area contributed by atoms with Gasteiger partial charge in [-0.3, -0.25) is 0 Å². The zero-order valence-corrected chi connectivity index (χ0v) is 5.51. The third kappa shape index (κ3) is 0.700. The number of aliphatic hydroxyl groups excluding tert-OH is 1. The molecular formula is C7H13NO. The Morgan fingerprint density at radius 2 is 2.00 bits per heavy atom. The first kappa shape index (κ1) is 5.69. The van der Waals surface area contributed by atoms with Gasteiger partial charge in [-0.05, 0) is 37.3 Å². The quantitative estimate of drug-likeness (QED) is 0.513. The molecule has 52 valence electrons. The lowest BCUT2D eigenvalue weighted by molar-refractivity contribution is -0.00974. The van der Waals surface area contributed by atoms with Crippen molar-refractivity contribution in [1.29, 1.82) is 0 Å². The summed E-state index contributed by atoms with van der Waals surface area (Å²) in [5.41, 5.74) is 0. The van der Waals surface area contributed by atoms with Gasteiger partial charge in [-0.1, -0.05) is 0 Å². The topological polar surface area (TPSA) is 32.3 Å². The van der Waals surface area contributed by atoms with Crippen molar-refractivity contribution in [3.8, 4) is 0 Å². The van der Waals surface area contributed by atoms with Gasteiger partial charge < -0.3 is 10.4 Å². The normalized spacial score (nSPS) is 48.3. The van der Waals surface area contributed by atoms with Crippen LogP contribution in [0.2, 0.25) is 0 Å². The average Bonchev–Trinajstić information content (AvgIpc) is 1.90. The number of hydrogen-bond acceptors (Lipinski definition) is 2. The number of nitrogens with one attached hydrogen (secondary N) is 1. The van der Waals surface area contributed by atoms with E-state index in [1.54, 1.807) is 0 Å². The van der Waals surface area contributed by atoms with Crippen molar-refractivity contribution in [2.45, 2.75) is 6.42 Å². The third-order valence-electron chi connectivity index (χ3n) is 2.84. The van der Waals surface area contributed by atoms with E-state index in [0.29, 0.717) is 12.5 Å². The molecule has 0 unspecified atom stereocenters. The van der Waals surface area contributed by atoms with Crippen molar-refractivity contribution in [3.63, 3.8) is 0 Å². The highest BCUT2D eigenvalue weighted by Gasteiger charge is 2.42. The number of rotatable bonds is 1. The van der Waals surface area contributed by atoms with Gasteiger partial charge in [0.15, 0.2) is 0 Å². The van der Waals surface area contributed by atoms with Gasteiger partial charge in [0.2, 0.25) is 0 Å². The second kappa shape index (κ2) is 1.96. The smallest absolute Gasteiger partial charge is 0.0465 e. The molecule has 2 nitrogen and oxygen atoms in total. The molecule has 0 radical (unpaired) electrons. The van der Waals surface area contributed by atoms with E-state index in [2.05, 4.69) is 5.32 Å². The van der Waals surface area contributed by atoms with Crippen LogP contribution in [0.25, 0.3) is 0 Å². The molecule has 1 aliphatic carbocycles. The Hall–Kier alpha value is -0.0800. The molecule has 0 aromatic rings. The molecule has 0 amide bonds. The monoisotopic (exact) mass is 127 g/mol. The molecule has 2 heteroatoms. The molecule has 3 fully saturated rings. The Bertz CT molecular complexity index is 101. The maximum absolute atomic E-state index is 8.86. The molecule has 3 rings (SSSR count). The molecule has 2 heterocycles. The molecule has 1 saturated carbocycles. The Morgan fingerprint density at radius 3 is 2.33 bits per heavy atom. The largest absolute Gasteiger partial charge is 0.396 e. The lowest BCUT2D eigenvalue weighted by Crippen LogP contribution is -2.54. The van der Waals surface area contributed by atoms with Crippen LogP contribution >= 0.6 is 0 Å². The van der Waals surface area contributed by atoms with Crippen LogP contribution in [0.1, 0.15) is 6.42 Å². The minimum absolute atomic E-state index is 0.414. The predicted molar refractivity (Wildman–Crippen MR) is 35.0 cm³/mol. The zero-order valence-electron chi connectivity index (χ0n) is 5.51. The first-order chi connectivity index (χ1) is 4.42. The summed E-state index contributed by atoms with van der Waals surface area (Å²) >= 11 is 0. The van der Waals surface area contributed by atoms with Crippen LogP contribution in [0.15, 0.2) is 0 Å². The fourth-order valence-corrected chi connectivity index (χ4v) is 2.15. The van der Waals surface area contributed by atoms with Crippen LogP contribution in [-0.2, 0) is 0 Å². The van der Waals surface area contributed by atoms with Crippen molar-refractivity contribution in [2.24, 2.45) is 17.8 Å². The lowest BCUT2D eigenvalue weighted by Gasteiger charge is -2.49. The molecule has 2 bridgehead atoms. The molecule has 2 aliphatic heterocycles. The summed E-state index contributed by atoms with van der Waals surface area (Å²) in [6.07, 6.45) is 1.36. The molecule has 0 aromatic heterocycles. The van der Waals surface area contributed by atoms with Gasteiger partial charge in [-0.15, -0.1) is 0 Å². The SMILES string of the molecule is OCC1[C@H]2CNC[C@H]1C2. The van der Waals surface area contributed by atoms with Gasteiger partial charge >= 0.3 is 0 Å². The van der Waals surface area contributed by atoms with Crippen molar-refractivity contribution < 1.29 is 5.11 Å². The first-order valence-corrected chi connectivity index (χ1v) is 3.73. The summed E-state index contributed by atoms with van der Waals surface area (Å²) in [4.78, 5) is 0. The van der Waals surface area contributed by atoms with Crippen molar-refractivity contribution in [1.82, 2.24) is 5.32 Å². The van der Waals surface area contributed by atoms with E-state index < -0.39 is 0 Å². The summed E-state index contributed by atoms with van der Waals surface area (Å²) in [7, 11) is 0. The van der Waals surface area contributed by atoms with E-state index in [0.717, 1.165) is 24.9 Å². The summed E-state index contributed by atoms with van der Waals surface area (Å²) < 4.78 is 0. The summed E-state index contributed by atoms with van der Waals surface area (Å²) in [6.45, 7) is 2.69. The van der Waals surface area contributed by atoms with Crippen LogP contribution in [0.5, 0.6) is 0 Å². The highest BCUT2D eigenvalue weighted by Crippen LogP contribution is 2.41. The Labute approximate surface area is 55.3 Å². The van der Waals surface area contributed by atoms with Crippen LogP contribution in [-0.4, -0.2) is 24.8 Å². The second-order valence-corrected chi connectivity index (χ2v) is 3.26. The number of hydrogen-bond donors (Lipinski definition) is 2. The van der Waals surface area contributed by atoms with Crippen LogP contribution < -0.4 is 5.32 Å². The highest BCUT2D eigenvalue weighted by atomic mass is 16.3. The van der Waals surface area contributed by atoms with Crippen LogP contribution in [0.4, 0.5) is 0 Å². The predicted octanol–water partition coefficient (Wildman–Crippen LogP) is -0.166. The Morgan fingerprint density at radius 1 is 1.33 bits per heavy atom. The summed E-state index contributed by atoms with van der Waals surface area (Å²) in [6, 6.07) is 0. The number of aliphatic hydroxyl groups is 1. The zero-order chi connectivity index (χ0) is 6.27. The van der Waals surface area contributed by atoms with E-state index in [-0.39, 0.29) is 0 Å². The summed E-state index contributed by atoms with van der Waals surface area (Å²) in [5.74, 6) is 2.24. The van der Waals surface area contributed by atoms with Gasteiger partial charge in [-0.2, -0.15) is 0 Å². The van der Waals surface area contributed by atoms with Gasteiger partial charge in [0.25, 0.3) is 0 Å². The second-order valence-electron chi connectivity index (χ2n) is 3.26. The molecule has 0 spiro atoms. The number of fused-ring (bicyclic) bond motifs is 2. The van der Waals surface area contributed by atoms with Crippen LogP contribution in [0.3, 0.4) is 0 Å². The maximum Gasteiger partial charge on any atom is 0.0465 e. The Balaban J connectivity index is 1.97. The van der Waals surface area contributed by atoms with E-state index >= 15 is 0 Å². The van der Waals surface area contributed by atoms with Crippen molar-refractivity contribution in [2.75, 3.05) is 19.7 Å². The standard InChI is InChI=1S/C7H13NO/c9-4-7-5-1-6(7)3-8-2-5/h5-9H,1-4H2/t5-,6-/m1/s1. The third-order valence-corrected chi connectivity index (χ3v) is 2.84. The maximum atomic E-state index is 8.86. The molecular weight excluding hydrogens is 114 g/mol. The minimum atomic E-state index is 0.414. The van der Waals surface area contributed by atoms with E-state index in [1.807, 2.05) is 0 Å². The van der Waals surface area contributed by atoms with Crippen LogP contribution in [0, 0.1) is 17.8 Å². The van der Waals surface area contributed by atoms with E-state index in [9.17, 15) is 0 Å². The minimum Gasteiger partial charge on any atom is -0.396 e. The highest BCUT2D eigenvalue weighted by molar-refractivity contribution is 4.94. The molecule has 0 aromatic carbocycles. The molecule has 9 heavy (non-hydrogen) atoms. The van der Waals surface area contributed by atoms with Gasteiger partial charge in [0.05, 0.1) is 0 Å². The van der Waals surface area contributed by atoms with Crippen molar-refractivity contribution >= 4 is 0 Å². The molecule has 2 saturated heterocycles. The van der Waals surface area contributed by atoms with Gasteiger partial charge in [-0.25, -0.2) is 0 Å². The molecule has 3 aliphatic rings. The van der Waals surface area contributed by atoms with Crippen molar-refractivity contribution in [3.05, 3.63) is 0 Å². The first-order valence-electron chi connectivity index (χ1n) is 3.73. The average molecular weight is 127 g/mol. The summed E-state index contributed by atoms with van der Waals surface area (Å²) in [5, 5.41) is 12.2. The van der Waals surface area contributed by atoms with E-state index in [1.165, 1.54) is 6.42 Å². The fraction of sp³-hybridized carbons (Fsp3) is 1.00. The van der Waals surface area contributed by atoms with Gasteiger partial charge in [0, 0.05) is 6.61 Å². The molecule has 2 atom stereocenters. The lowest BCUT2D eigenvalue weighted by atomic mass is 9.63.